The summed E-state index contributed by atoms with van der Waals surface area (Å²) in [7, 11) is 1.26. The van der Waals surface area contributed by atoms with E-state index in [1.165, 1.54) is 17.9 Å². The molecule has 0 aliphatic carbocycles. The summed E-state index contributed by atoms with van der Waals surface area (Å²) in [5.74, 6) is 0. The standard InChI is InChI=1S/C8H9Cl3N2O2/c1-15-7(14)13-4-2-3-5(13)6(12)8(9,10)11/h2-4,6H,12H2,1H3. The molecule has 0 fully saturated rings. The Morgan fingerprint density at radius 2 is 2.20 bits per heavy atom. The number of carbonyl (C=O) groups is 1. The van der Waals surface area contributed by atoms with Gasteiger partial charge in [0.25, 0.3) is 0 Å². The number of ether oxygens (including phenoxy) is 1. The van der Waals surface area contributed by atoms with Crippen molar-refractivity contribution in [2.24, 2.45) is 5.73 Å². The SMILES string of the molecule is COC(=O)n1cccc1C(N)C(Cl)(Cl)Cl. The number of aromatic nitrogens is 1. The van der Waals surface area contributed by atoms with Crippen LogP contribution in [0, 0.1) is 0 Å². The third-order valence-corrected chi connectivity index (χ3v) is 2.53. The minimum atomic E-state index is -1.68. The molecule has 0 bridgehead atoms. The van der Waals surface area contributed by atoms with E-state index >= 15 is 0 Å². The number of carbonyl (C=O) groups excluding carboxylic acids is 1. The molecule has 1 aromatic heterocycles. The number of nitrogens with zero attached hydrogens (tertiary/aromatic N) is 1. The Labute approximate surface area is 102 Å². The van der Waals surface area contributed by atoms with E-state index in [9.17, 15) is 4.79 Å². The molecule has 0 aliphatic heterocycles. The van der Waals surface area contributed by atoms with E-state index < -0.39 is 15.9 Å². The first kappa shape index (κ1) is 12.6. The maximum absolute atomic E-state index is 11.3. The quantitative estimate of drug-likeness (QED) is 0.798. The highest BCUT2D eigenvalue weighted by Crippen LogP contribution is 2.38. The summed E-state index contributed by atoms with van der Waals surface area (Å²) in [6.07, 6.45) is 0.900. The van der Waals surface area contributed by atoms with Gasteiger partial charge < -0.3 is 10.5 Å². The average Bonchev–Trinajstić information content (AvgIpc) is 2.62. The maximum Gasteiger partial charge on any atom is 0.417 e. The topological polar surface area (TPSA) is 57.2 Å². The van der Waals surface area contributed by atoms with Gasteiger partial charge in [-0.2, -0.15) is 0 Å². The number of hydrogen-bond donors (Lipinski definition) is 1. The predicted octanol–water partition coefficient (Wildman–Crippen LogP) is 2.47. The zero-order valence-corrected chi connectivity index (χ0v) is 10.1. The van der Waals surface area contributed by atoms with Crippen LogP contribution in [0.25, 0.3) is 0 Å². The van der Waals surface area contributed by atoms with Gasteiger partial charge in [0.1, 0.15) is 0 Å². The van der Waals surface area contributed by atoms with E-state index in [1.54, 1.807) is 12.1 Å². The maximum atomic E-state index is 11.3. The second-order valence-corrected chi connectivity index (χ2v) is 5.16. The molecule has 1 heterocycles. The van der Waals surface area contributed by atoms with Gasteiger partial charge in [0.15, 0.2) is 0 Å². The van der Waals surface area contributed by atoms with Crippen LogP contribution in [0.3, 0.4) is 0 Å². The normalized spacial score (nSPS) is 13.7. The lowest BCUT2D eigenvalue weighted by atomic mass is 10.2. The van der Waals surface area contributed by atoms with Gasteiger partial charge in [-0.1, -0.05) is 34.8 Å². The molecule has 0 aliphatic rings. The van der Waals surface area contributed by atoms with Gasteiger partial charge in [-0.3, -0.25) is 4.57 Å². The molecule has 0 spiro atoms. The molecule has 1 atom stereocenters. The Bertz CT molecular complexity index is 359. The summed E-state index contributed by atoms with van der Waals surface area (Å²) in [6.45, 7) is 0. The smallest absolute Gasteiger partial charge is 0.417 e. The highest BCUT2D eigenvalue weighted by Gasteiger charge is 2.33. The first-order valence-electron chi connectivity index (χ1n) is 3.95. The van der Waals surface area contributed by atoms with Crippen molar-refractivity contribution >= 4 is 40.9 Å². The minimum Gasteiger partial charge on any atom is -0.452 e. The number of methoxy groups -OCH3 is 1. The van der Waals surface area contributed by atoms with Crippen LogP contribution in [0.15, 0.2) is 18.3 Å². The van der Waals surface area contributed by atoms with Crippen molar-refractivity contribution in [3.8, 4) is 0 Å². The fourth-order valence-electron chi connectivity index (χ4n) is 1.08. The van der Waals surface area contributed by atoms with Gasteiger partial charge >= 0.3 is 6.09 Å². The van der Waals surface area contributed by atoms with Gasteiger partial charge in [-0.05, 0) is 12.1 Å². The Morgan fingerprint density at radius 1 is 1.60 bits per heavy atom. The van der Waals surface area contributed by atoms with E-state index in [4.69, 9.17) is 40.5 Å². The number of rotatable bonds is 1. The van der Waals surface area contributed by atoms with Gasteiger partial charge in [-0.25, -0.2) is 4.79 Å². The second kappa shape index (κ2) is 4.61. The summed E-state index contributed by atoms with van der Waals surface area (Å²) in [5.41, 5.74) is 6.06. The summed E-state index contributed by atoms with van der Waals surface area (Å²) in [6, 6.07) is 2.29. The Morgan fingerprint density at radius 3 is 2.67 bits per heavy atom. The Balaban J connectivity index is 3.05. The molecule has 1 rings (SSSR count). The Hall–Kier alpha value is -0.420. The molecular weight excluding hydrogens is 262 g/mol. The molecule has 0 saturated heterocycles. The zero-order chi connectivity index (χ0) is 11.6. The number of hydrogen-bond acceptors (Lipinski definition) is 3. The molecule has 1 unspecified atom stereocenters. The number of alkyl halides is 3. The van der Waals surface area contributed by atoms with Crippen LogP contribution in [0.5, 0.6) is 0 Å². The van der Waals surface area contributed by atoms with Crippen LogP contribution in [0.2, 0.25) is 0 Å². The van der Waals surface area contributed by atoms with Gasteiger partial charge in [0.05, 0.1) is 13.2 Å². The fraction of sp³-hybridized carbons (Fsp3) is 0.375. The molecule has 0 radical (unpaired) electrons. The largest absolute Gasteiger partial charge is 0.452 e. The lowest BCUT2D eigenvalue weighted by Crippen LogP contribution is -2.29. The second-order valence-electron chi connectivity index (χ2n) is 2.79. The van der Waals surface area contributed by atoms with E-state index in [-0.39, 0.29) is 0 Å². The highest BCUT2D eigenvalue weighted by atomic mass is 35.6. The molecule has 7 heteroatoms. The van der Waals surface area contributed by atoms with Crippen LogP contribution < -0.4 is 5.73 Å². The van der Waals surface area contributed by atoms with E-state index in [0.29, 0.717) is 5.69 Å². The molecule has 0 amide bonds. The van der Waals surface area contributed by atoms with Crippen molar-refractivity contribution in [1.29, 1.82) is 0 Å². The number of halogens is 3. The van der Waals surface area contributed by atoms with Gasteiger partial charge in [-0.15, -0.1) is 0 Å². The van der Waals surface area contributed by atoms with Crippen molar-refractivity contribution < 1.29 is 9.53 Å². The third kappa shape index (κ3) is 2.78. The third-order valence-electron chi connectivity index (χ3n) is 1.82. The summed E-state index contributed by atoms with van der Waals surface area (Å²) in [4.78, 5) is 11.3. The highest BCUT2D eigenvalue weighted by molar-refractivity contribution is 6.68. The van der Waals surface area contributed by atoms with Gasteiger partial charge in [0.2, 0.25) is 3.79 Å². The van der Waals surface area contributed by atoms with Gasteiger partial charge in [0, 0.05) is 11.9 Å². The summed E-state index contributed by atoms with van der Waals surface area (Å²) in [5, 5.41) is 0. The van der Waals surface area contributed by atoms with Crippen molar-refractivity contribution in [1.82, 2.24) is 4.57 Å². The molecular formula is C8H9Cl3N2O2. The molecule has 0 saturated carbocycles. The molecule has 0 aromatic carbocycles. The first-order valence-corrected chi connectivity index (χ1v) is 5.09. The molecule has 4 nitrogen and oxygen atoms in total. The molecule has 15 heavy (non-hydrogen) atoms. The van der Waals surface area contributed by atoms with Crippen molar-refractivity contribution in [2.75, 3.05) is 7.11 Å². The minimum absolute atomic E-state index is 0.377. The first-order chi connectivity index (χ1) is 6.88. The average molecular weight is 272 g/mol. The summed E-state index contributed by atoms with van der Waals surface area (Å²) >= 11 is 16.9. The van der Waals surface area contributed by atoms with Crippen LogP contribution in [0.4, 0.5) is 4.79 Å². The van der Waals surface area contributed by atoms with E-state index in [1.807, 2.05) is 0 Å². The van der Waals surface area contributed by atoms with Crippen molar-refractivity contribution in [3.05, 3.63) is 24.0 Å². The fourth-order valence-corrected chi connectivity index (χ4v) is 1.42. The summed E-state index contributed by atoms with van der Waals surface area (Å²) < 4.78 is 4.05. The van der Waals surface area contributed by atoms with E-state index in [2.05, 4.69) is 4.74 Å². The number of nitrogens with two attached hydrogens (primary N) is 1. The Kier molecular flexibility index (Phi) is 3.89. The van der Waals surface area contributed by atoms with Crippen LogP contribution in [-0.4, -0.2) is 21.6 Å². The van der Waals surface area contributed by atoms with Crippen LogP contribution in [0.1, 0.15) is 11.7 Å². The zero-order valence-electron chi connectivity index (χ0n) is 7.78. The van der Waals surface area contributed by atoms with Crippen LogP contribution >= 0.6 is 34.8 Å². The predicted molar refractivity (Wildman–Crippen MR) is 59.5 cm³/mol. The van der Waals surface area contributed by atoms with Crippen molar-refractivity contribution in [3.63, 3.8) is 0 Å². The monoisotopic (exact) mass is 270 g/mol. The lowest BCUT2D eigenvalue weighted by Gasteiger charge is -2.20. The van der Waals surface area contributed by atoms with Crippen LogP contribution in [-0.2, 0) is 4.74 Å². The molecule has 1 aromatic rings. The molecule has 2 N–H and O–H groups in total. The molecule has 84 valence electrons. The van der Waals surface area contributed by atoms with Crippen molar-refractivity contribution in [2.45, 2.75) is 9.83 Å². The van der Waals surface area contributed by atoms with E-state index in [0.717, 1.165) is 0 Å². The lowest BCUT2D eigenvalue weighted by molar-refractivity contribution is 0.171.